The summed E-state index contributed by atoms with van der Waals surface area (Å²) in [6, 6.07) is 2.89. The lowest BCUT2D eigenvalue weighted by atomic mass is 10.0. The number of nitrogens with one attached hydrogen (secondary N) is 1. The molecule has 0 atom stereocenters. The fraction of sp³-hybridized carbons (Fsp3) is 0.667. The maximum absolute atomic E-state index is 14.7. The molecule has 3 heterocycles. The summed E-state index contributed by atoms with van der Waals surface area (Å²) in [5.41, 5.74) is -0.698. The minimum absolute atomic E-state index is 0.0529. The Balaban J connectivity index is 0.00000186. The van der Waals surface area contributed by atoms with Gasteiger partial charge in [0, 0.05) is 43.7 Å². The van der Waals surface area contributed by atoms with Crippen molar-refractivity contribution in [2.24, 2.45) is 5.92 Å². The second-order valence-corrected chi connectivity index (χ2v) is 11.4. The molecule has 0 spiro atoms. The molecular weight excluding hydrogens is 497 g/mol. The Bertz CT molecular complexity index is 1090. The van der Waals surface area contributed by atoms with Crippen molar-refractivity contribution in [3.63, 3.8) is 0 Å². The highest BCUT2D eigenvalue weighted by molar-refractivity contribution is 7.99. The zero-order valence-electron chi connectivity index (χ0n) is 22.6. The number of benzene rings is 1. The predicted molar refractivity (Wildman–Crippen MR) is 145 cm³/mol. The van der Waals surface area contributed by atoms with Crippen molar-refractivity contribution in [3.05, 3.63) is 34.1 Å². The van der Waals surface area contributed by atoms with Crippen LogP contribution in [-0.4, -0.2) is 64.7 Å². The lowest BCUT2D eigenvalue weighted by Crippen LogP contribution is -2.42. The van der Waals surface area contributed by atoms with Crippen molar-refractivity contribution >= 4 is 28.8 Å². The van der Waals surface area contributed by atoms with Gasteiger partial charge in [0.15, 0.2) is 0 Å². The molecule has 0 aliphatic carbocycles. The van der Waals surface area contributed by atoms with E-state index in [9.17, 15) is 14.0 Å². The summed E-state index contributed by atoms with van der Waals surface area (Å²) in [6.07, 6.45) is 3.23. The van der Waals surface area contributed by atoms with Gasteiger partial charge in [0.25, 0.3) is 5.56 Å². The number of hydrogen-bond donors (Lipinski definition) is 1. The Labute approximate surface area is 222 Å². The van der Waals surface area contributed by atoms with Crippen LogP contribution in [0, 0.1) is 11.7 Å². The Morgan fingerprint density at radius 2 is 1.86 bits per heavy atom. The number of hydrogen-bond acceptors (Lipinski definition) is 7. The van der Waals surface area contributed by atoms with Gasteiger partial charge in [-0.05, 0) is 52.4 Å². The normalized spacial score (nSPS) is 17.3. The van der Waals surface area contributed by atoms with Crippen LogP contribution in [0.25, 0.3) is 10.9 Å². The van der Waals surface area contributed by atoms with E-state index in [-0.39, 0.29) is 11.5 Å². The zero-order valence-corrected chi connectivity index (χ0v) is 23.4. The molecule has 0 bridgehead atoms. The number of fused-ring (bicyclic) bond motifs is 1. The standard InChI is InChI=1S/C25H34FN3O5S.C2H6/c1-25(2,3)34-24(31)29-8-4-18(5-9-29)35-15-21-27-20-13-17(12-19(26)22(20)23(30)28-21)33-14-16-6-10-32-11-7-16;1-2/h12-13,16,18H,4-11,14-15H2,1-3H3,(H,27,28,30);1-2H3. The minimum atomic E-state index is -0.632. The molecule has 2 aliphatic rings. The van der Waals surface area contributed by atoms with Crippen molar-refractivity contribution in [1.29, 1.82) is 0 Å². The van der Waals surface area contributed by atoms with Gasteiger partial charge < -0.3 is 24.1 Å². The maximum atomic E-state index is 14.7. The second kappa shape index (κ2) is 13.5. The number of carbonyl (C=O) groups is 1. The van der Waals surface area contributed by atoms with E-state index in [0.717, 1.165) is 38.9 Å². The van der Waals surface area contributed by atoms with Gasteiger partial charge in [0.05, 0.1) is 17.9 Å². The van der Waals surface area contributed by atoms with Gasteiger partial charge in [-0.15, -0.1) is 0 Å². The summed E-state index contributed by atoms with van der Waals surface area (Å²) in [4.78, 5) is 33.8. The number of ether oxygens (including phenoxy) is 3. The molecule has 0 unspecified atom stereocenters. The van der Waals surface area contributed by atoms with Crippen molar-refractivity contribution < 1.29 is 23.4 Å². The minimum Gasteiger partial charge on any atom is -0.493 e. The molecule has 2 aliphatic heterocycles. The average molecular weight is 538 g/mol. The molecular formula is C27H40FN3O5S. The van der Waals surface area contributed by atoms with Crippen molar-refractivity contribution in [2.75, 3.05) is 32.9 Å². The van der Waals surface area contributed by atoms with Crippen LogP contribution < -0.4 is 10.3 Å². The van der Waals surface area contributed by atoms with Gasteiger partial charge in [-0.25, -0.2) is 14.2 Å². The topological polar surface area (TPSA) is 93.8 Å². The molecule has 1 aromatic carbocycles. The van der Waals surface area contributed by atoms with E-state index in [0.29, 0.717) is 53.7 Å². The number of piperidine rings is 1. The lowest BCUT2D eigenvalue weighted by molar-refractivity contribution is 0.0219. The van der Waals surface area contributed by atoms with Gasteiger partial charge in [-0.2, -0.15) is 11.8 Å². The van der Waals surface area contributed by atoms with Crippen molar-refractivity contribution in [3.8, 4) is 5.75 Å². The summed E-state index contributed by atoms with van der Waals surface area (Å²) < 4.78 is 31.3. The van der Waals surface area contributed by atoms with Crippen LogP contribution in [0.15, 0.2) is 16.9 Å². The summed E-state index contributed by atoms with van der Waals surface area (Å²) in [5.74, 6) is 1.13. The van der Waals surface area contributed by atoms with Gasteiger partial charge in [-0.3, -0.25) is 4.79 Å². The van der Waals surface area contributed by atoms with Crippen molar-refractivity contribution in [2.45, 2.75) is 76.9 Å². The maximum Gasteiger partial charge on any atom is 0.410 e. The quantitative estimate of drug-likeness (QED) is 0.518. The molecule has 206 valence electrons. The van der Waals surface area contributed by atoms with E-state index < -0.39 is 17.0 Å². The molecule has 8 nitrogen and oxygen atoms in total. The van der Waals surface area contributed by atoms with Crippen LogP contribution in [0.2, 0.25) is 0 Å². The highest BCUT2D eigenvalue weighted by Gasteiger charge is 2.27. The Hall–Kier alpha value is -2.33. The smallest absolute Gasteiger partial charge is 0.410 e. The third-order valence-electron chi connectivity index (χ3n) is 6.16. The highest BCUT2D eigenvalue weighted by atomic mass is 32.2. The summed E-state index contributed by atoms with van der Waals surface area (Å²) in [5, 5.41) is 0.281. The predicted octanol–water partition coefficient (Wildman–Crippen LogP) is 5.53. The molecule has 4 rings (SSSR count). The number of halogens is 1. The fourth-order valence-corrected chi connectivity index (χ4v) is 5.33. The van der Waals surface area contributed by atoms with Gasteiger partial charge in [0.1, 0.15) is 28.4 Å². The number of amides is 1. The first kappa shape index (κ1) is 29.2. The highest BCUT2D eigenvalue weighted by Crippen LogP contribution is 2.28. The van der Waals surface area contributed by atoms with Gasteiger partial charge in [-0.1, -0.05) is 13.8 Å². The molecule has 10 heteroatoms. The zero-order chi connectivity index (χ0) is 27.0. The fourth-order valence-electron chi connectivity index (χ4n) is 4.25. The summed E-state index contributed by atoms with van der Waals surface area (Å²) in [6.45, 7) is 12.8. The number of carbonyl (C=O) groups excluding carboxylic acids is 1. The molecule has 37 heavy (non-hydrogen) atoms. The summed E-state index contributed by atoms with van der Waals surface area (Å²) >= 11 is 1.68. The molecule has 2 aromatic rings. The van der Waals surface area contributed by atoms with Crippen LogP contribution >= 0.6 is 11.8 Å². The Morgan fingerprint density at radius 1 is 1.19 bits per heavy atom. The number of thioether (sulfide) groups is 1. The molecule has 2 fully saturated rings. The number of aromatic nitrogens is 2. The van der Waals surface area contributed by atoms with Crippen LogP contribution in [0.4, 0.5) is 9.18 Å². The lowest BCUT2D eigenvalue weighted by Gasteiger charge is -2.33. The van der Waals surface area contributed by atoms with E-state index in [2.05, 4.69) is 9.97 Å². The largest absolute Gasteiger partial charge is 0.493 e. The molecule has 0 saturated carbocycles. The van der Waals surface area contributed by atoms with E-state index >= 15 is 0 Å². The summed E-state index contributed by atoms with van der Waals surface area (Å²) in [7, 11) is 0. The first-order valence-corrected chi connectivity index (χ1v) is 14.3. The molecule has 1 N–H and O–H groups in total. The van der Waals surface area contributed by atoms with Crippen molar-refractivity contribution in [1.82, 2.24) is 14.9 Å². The molecule has 1 aromatic heterocycles. The number of aromatic amines is 1. The van der Waals surface area contributed by atoms with Gasteiger partial charge >= 0.3 is 6.09 Å². The molecule has 2 saturated heterocycles. The average Bonchev–Trinajstić information content (AvgIpc) is 2.87. The third-order valence-corrected chi connectivity index (χ3v) is 7.54. The van der Waals surface area contributed by atoms with Crippen LogP contribution in [0.3, 0.4) is 0 Å². The molecule has 1 amide bonds. The number of H-pyrrole nitrogens is 1. The number of likely N-dealkylation sites (tertiary alicyclic amines) is 1. The third kappa shape index (κ3) is 8.60. The first-order chi connectivity index (χ1) is 17.7. The van der Waals surface area contributed by atoms with E-state index in [1.54, 1.807) is 22.7 Å². The number of rotatable bonds is 6. The SMILES string of the molecule is CC.CC(C)(C)OC(=O)N1CCC(SCc2nc3cc(OCC4CCOCC4)cc(F)c3c(=O)[nH]2)CC1. The second-order valence-electron chi connectivity index (χ2n) is 10.2. The van der Waals surface area contributed by atoms with E-state index in [4.69, 9.17) is 14.2 Å². The van der Waals surface area contributed by atoms with Crippen LogP contribution in [-0.2, 0) is 15.2 Å². The monoisotopic (exact) mass is 537 g/mol. The van der Waals surface area contributed by atoms with Crippen LogP contribution in [0.5, 0.6) is 5.75 Å². The molecule has 0 radical (unpaired) electrons. The Kier molecular flexibility index (Phi) is 10.6. The van der Waals surface area contributed by atoms with Crippen LogP contribution in [0.1, 0.15) is 66.1 Å². The number of nitrogens with zero attached hydrogens (tertiary/aromatic N) is 2. The van der Waals surface area contributed by atoms with E-state index in [1.807, 2.05) is 34.6 Å². The van der Waals surface area contributed by atoms with Gasteiger partial charge in [0.2, 0.25) is 0 Å². The Morgan fingerprint density at radius 3 is 2.51 bits per heavy atom. The first-order valence-electron chi connectivity index (χ1n) is 13.2. The van der Waals surface area contributed by atoms with E-state index in [1.165, 1.54) is 6.07 Å².